The molecule has 0 atom stereocenters. The van der Waals surface area contributed by atoms with Crippen molar-refractivity contribution in [2.75, 3.05) is 18.1 Å². The zero-order valence-electron chi connectivity index (χ0n) is 15.0. The Hall–Kier alpha value is -2.34. The van der Waals surface area contributed by atoms with E-state index in [2.05, 4.69) is 28.5 Å². The molecule has 2 aromatic rings. The highest BCUT2D eigenvalue weighted by molar-refractivity contribution is 7.90. The third-order valence-electron chi connectivity index (χ3n) is 4.69. The first-order chi connectivity index (χ1) is 12.4. The minimum atomic E-state index is -3.15. The summed E-state index contributed by atoms with van der Waals surface area (Å²) < 4.78 is 23.0. The molecule has 1 aliphatic rings. The normalized spacial score (nSPS) is 14.7. The van der Waals surface area contributed by atoms with E-state index in [1.807, 2.05) is 12.1 Å². The second kappa shape index (κ2) is 7.91. The van der Waals surface area contributed by atoms with Gasteiger partial charge in [0.2, 0.25) is 0 Å². The standard InChI is InChI=1S/C20H25N3O2S/c1-26(24,25)17-11-9-15(10-12-17)13-14-22-20(21)23-19-8-4-6-16-5-2-3-7-18(16)19/h4,6,8-12H,2-3,5,7,13-14H2,1H3,(H3,21,22,23). The van der Waals surface area contributed by atoms with E-state index in [9.17, 15) is 8.42 Å². The molecular formula is C20H25N3O2S. The number of nitrogens with zero attached hydrogens (tertiary/aromatic N) is 1. The van der Waals surface area contributed by atoms with Gasteiger partial charge >= 0.3 is 0 Å². The maximum Gasteiger partial charge on any atom is 0.193 e. The number of anilines is 1. The molecule has 2 aromatic carbocycles. The molecule has 0 saturated carbocycles. The molecule has 26 heavy (non-hydrogen) atoms. The maximum atomic E-state index is 11.5. The molecule has 138 valence electrons. The molecule has 0 aliphatic heterocycles. The Balaban J connectivity index is 1.59. The Bertz CT molecular complexity index is 903. The average Bonchev–Trinajstić information content (AvgIpc) is 2.62. The van der Waals surface area contributed by atoms with Crippen LogP contribution < -0.4 is 11.1 Å². The van der Waals surface area contributed by atoms with Crippen LogP contribution in [0.4, 0.5) is 5.69 Å². The van der Waals surface area contributed by atoms with Crippen LogP contribution in [-0.2, 0) is 29.1 Å². The highest BCUT2D eigenvalue weighted by Gasteiger charge is 2.13. The number of guanidine groups is 1. The van der Waals surface area contributed by atoms with E-state index in [0.29, 0.717) is 23.8 Å². The largest absolute Gasteiger partial charge is 0.370 e. The molecule has 3 rings (SSSR count). The van der Waals surface area contributed by atoms with E-state index in [-0.39, 0.29) is 0 Å². The summed E-state index contributed by atoms with van der Waals surface area (Å²) in [5.41, 5.74) is 10.9. The predicted octanol–water partition coefficient (Wildman–Crippen LogP) is 2.94. The SMILES string of the molecule is CS(=O)(=O)c1ccc(CCN=C(N)Nc2cccc3c2CCCC3)cc1. The first-order valence-corrected chi connectivity index (χ1v) is 10.8. The van der Waals surface area contributed by atoms with Crippen molar-refractivity contribution in [3.05, 3.63) is 59.2 Å². The Morgan fingerprint density at radius 3 is 2.58 bits per heavy atom. The molecule has 0 spiro atoms. The first-order valence-electron chi connectivity index (χ1n) is 8.90. The molecule has 3 N–H and O–H groups in total. The smallest absolute Gasteiger partial charge is 0.193 e. The summed E-state index contributed by atoms with van der Waals surface area (Å²) in [7, 11) is -3.15. The lowest BCUT2D eigenvalue weighted by molar-refractivity contribution is 0.602. The van der Waals surface area contributed by atoms with Crippen molar-refractivity contribution < 1.29 is 8.42 Å². The number of sulfone groups is 1. The van der Waals surface area contributed by atoms with Gasteiger partial charge in [-0.15, -0.1) is 0 Å². The lowest BCUT2D eigenvalue weighted by Gasteiger charge is -2.19. The van der Waals surface area contributed by atoms with Gasteiger partial charge in [0.25, 0.3) is 0 Å². The van der Waals surface area contributed by atoms with E-state index >= 15 is 0 Å². The lowest BCUT2D eigenvalue weighted by Crippen LogP contribution is -2.24. The number of hydrogen-bond donors (Lipinski definition) is 2. The average molecular weight is 372 g/mol. The van der Waals surface area contributed by atoms with Crippen LogP contribution in [0.1, 0.15) is 29.5 Å². The van der Waals surface area contributed by atoms with Gasteiger partial charge in [0.1, 0.15) is 0 Å². The van der Waals surface area contributed by atoms with Crippen LogP contribution in [0.3, 0.4) is 0 Å². The van der Waals surface area contributed by atoms with Crippen LogP contribution in [0, 0.1) is 0 Å². The molecule has 0 amide bonds. The quantitative estimate of drug-likeness (QED) is 0.625. The Labute approximate surface area is 155 Å². The molecule has 0 unspecified atom stereocenters. The second-order valence-corrected chi connectivity index (χ2v) is 8.72. The second-order valence-electron chi connectivity index (χ2n) is 6.71. The summed E-state index contributed by atoms with van der Waals surface area (Å²) in [6, 6.07) is 13.2. The fraction of sp³-hybridized carbons (Fsp3) is 0.350. The van der Waals surface area contributed by atoms with Crippen LogP contribution in [-0.4, -0.2) is 27.2 Å². The first kappa shape index (κ1) is 18.5. The van der Waals surface area contributed by atoms with Crippen molar-refractivity contribution in [1.29, 1.82) is 0 Å². The maximum absolute atomic E-state index is 11.5. The number of benzene rings is 2. The van der Waals surface area contributed by atoms with Crippen molar-refractivity contribution in [2.45, 2.75) is 37.0 Å². The summed E-state index contributed by atoms with van der Waals surface area (Å²) in [6.45, 7) is 0.548. The Morgan fingerprint density at radius 2 is 1.85 bits per heavy atom. The van der Waals surface area contributed by atoms with Gasteiger partial charge in [0.05, 0.1) is 4.90 Å². The molecule has 0 fully saturated rings. The van der Waals surface area contributed by atoms with Gasteiger partial charge in [0, 0.05) is 18.5 Å². The minimum absolute atomic E-state index is 0.333. The third-order valence-corrected chi connectivity index (χ3v) is 5.82. The van der Waals surface area contributed by atoms with E-state index < -0.39 is 9.84 Å². The lowest BCUT2D eigenvalue weighted by atomic mass is 9.90. The van der Waals surface area contributed by atoms with Crippen LogP contribution >= 0.6 is 0 Å². The molecule has 0 saturated heterocycles. The van der Waals surface area contributed by atoms with E-state index in [0.717, 1.165) is 24.1 Å². The van der Waals surface area contributed by atoms with Crippen molar-refractivity contribution in [1.82, 2.24) is 0 Å². The van der Waals surface area contributed by atoms with Gasteiger partial charge in [-0.25, -0.2) is 8.42 Å². The topological polar surface area (TPSA) is 84.5 Å². The number of fused-ring (bicyclic) bond motifs is 1. The fourth-order valence-corrected chi connectivity index (χ4v) is 3.92. The molecule has 0 radical (unpaired) electrons. The molecule has 0 aromatic heterocycles. The van der Waals surface area contributed by atoms with Gasteiger partial charge in [-0.1, -0.05) is 24.3 Å². The molecule has 1 aliphatic carbocycles. The number of aliphatic imine (C=N–C) groups is 1. The van der Waals surface area contributed by atoms with Crippen LogP contribution in [0.25, 0.3) is 0 Å². The van der Waals surface area contributed by atoms with Crippen LogP contribution in [0.5, 0.6) is 0 Å². The zero-order chi connectivity index (χ0) is 18.6. The molecule has 6 heteroatoms. The summed E-state index contributed by atoms with van der Waals surface area (Å²) in [4.78, 5) is 4.73. The summed E-state index contributed by atoms with van der Waals surface area (Å²) in [6.07, 6.45) is 6.59. The molecule has 5 nitrogen and oxygen atoms in total. The van der Waals surface area contributed by atoms with Crippen molar-refractivity contribution in [3.8, 4) is 0 Å². The molecular weight excluding hydrogens is 346 g/mol. The number of nitrogens with one attached hydrogen (secondary N) is 1. The number of aryl methyl sites for hydroxylation is 1. The van der Waals surface area contributed by atoms with E-state index in [1.165, 1.54) is 30.2 Å². The molecule has 0 bridgehead atoms. The number of nitrogens with two attached hydrogens (primary N) is 1. The summed E-state index contributed by atoms with van der Waals surface area (Å²) in [5.74, 6) is 0.414. The number of hydrogen-bond acceptors (Lipinski definition) is 3. The minimum Gasteiger partial charge on any atom is -0.370 e. The zero-order valence-corrected chi connectivity index (χ0v) is 15.8. The van der Waals surface area contributed by atoms with Gasteiger partial charge in [-0.3, -0.25) is 4.99 Å². The van der Waals surface area contributed by atoms with Crippen molar-refractivity contribution >= 4 is 21.5 Å². The van der Waals surface area contributed by atoms with Gasteiger partial charge in [-0.2, -0.15) is 0 Å². The van der Waals surface area contributed by atoms with Gasteiger partial charge in [-0.05, 0) is 67.0 Å². The predicted molar refractivity (Wildman–Crippen MR) is 106 cm³/mol. The Kier molecular flexibility index (Phi) is 5.61. The van der Waals surface area contributed by atoms with E-state index in [4.69, 9.17) is 5.73 Å². The van der Waals surface area contributed by atoms with Crippen molar-refractivity contribution in [3.63, 3.8) is 0 Å². The van der Waals surface area contributed by atoms with Crippen LogP contribution in [0.15, 0.2) is 52.4 Å². The van der Waals surface area contributed by atoms with Gasteiger partial charge in [0.15, 0.2) is 15.8 Å². The monoisotopic (exact) mass is 371 g/mol. The third kappa shape index (κ3) is 4.64. The Morgan fingerprint density at radius 1 is 1.12 bits per heavy atom. The van der Waals surface area contributed by atoms with E-state index in [1.54, 1.807) is 12.1 Å². The molecule has 0 heterocycles. The highest BCUT2D eigenvalue weighted by Crippen LogP contribution is 2.27. The number of rotatable bonds is 5. The summed E-state index contributed by atoms with van der Waals surface area (Å²) in [5, 5.41) is 3.23. The van der Waals surface area contributed by atoms with Crippen molar-refractivity contribution in [2.24, 2.45) is 10.7 Å². The highest BCUT2D eigenvalue weighted by atomic mass is 32.2. The van der Waals surface area contributed by atoms with Gasteiger partial charge < -0.3 is 11.1 Å². The fourth-order valence-electron chi connectivity index (χ4n) is 3.28. The van der Waals surface area contributed by atoms with Crippen LogP contribution in [0.2, 0.25) is 0 Å². The summed E-state index contributed by atoms with van der Waals surface area (Å²) >= 11 is 0.